The van der Waals surface area contributed by atoms with Crippen LogP contribution in [0.3, 0.4) is 0 Å². The Bertz CT molecular complexity index is 1080. The van der Waals surface area contributed by atoms with Crippen molar-refractivity contribution >= 4 is 28.3 Å². The lowest BCUT2D eigenvalue weighted by atomic mass is 10.1. The van der Waals surface area contributed by atoms with E-state index in [1.165, 1.54) is 13.2 Å². The first-order chi connectivity index (χ1) is 14.3. The van der Waals surface area contributed by atoms with E-state index >= 15 is 0 Å². The number of para-hydroxylation sites is 1. The van der Waals surface area contributed by atoms with E-state index in [2.05, 4.69) is 20.0 Å². The number of nitrogens with zero attached hydrogens (tertiary/aromatic N) is 1. The van der Waals surface area contributed by atoms with E-state index in [0.717, 1.165) is 11.3 Å². The first-order valence-electron chi connectivity index (χ1n) is 8.96. The van der Waals surface area contributed by atoms with Crippen LogP contribution in [0.2, 0.25) is 0 Å². The molecular weight excluding hydrogens is 416 g/mol. The summed E-state index contributed by atoms with van der Waals surface area (Å²) in [6.45, 7) is 0.546. The van der Waals surface area contributed by atoms with Gasteiger partial charge >= 0.3 is 12.6 Å². The second-order valence-corrected chi connectivity index (χ2v) is 7.05. The van der Waals surface area contributed by atoms with Crippen LogP contribution in [-0.2, 0) is 11.2 Å². The average Bonchev–Trinajstić information content (AvgIpc) is 3.31. The number of benzene rings is 1. The van der Waals surface area contributed by atoms with Gasteiger partial charge in [-0.3, -0.25) is 10.1 Å². The number of esters is 1. The summed E-state index contributed by atoms with van der Waals surface area (Å²) in [5.41, 5.74) is 2.41. The van der Waals surface area contributed by atoms with E-state index < -0.39 is 18.5 Å². The number of aryl methyl sites for hydroxylation is 1. The van der Waals surface area contributed by atoms with Crippen molar-refractivity contribution in [3.05, 3.63) is 52.2 Å². The second kappa shape index (κ2) is 9.04. The molecule has 0 atom stereocenters. The van der Waals surface area contributed by atoms with Crippen LogP contribution in [0.4, 0.5) is 13.9 Å². The molecule has 30 heavy (non-hydrogen) atoms. The van der Waals surface area contributed by atoms with Crippen LogP contribution in [0.5, 0.6) is 5.75 Å². The van der Waals surface area contributed by atoms with E-state index in [-0.39, 0.29) is 16.6 Å². The van der Waals surface area contributed by atoms with Crippen LogP contribution < -0.4 is 10.1 Å². The quantitative estimate of drug-likeness (QED) is 0.527. The van der Waals surface area contributed by atoms with Crippen LogP contribution >= 0.6 is 11.3 Å². The van der Waals surface area contributed by atoms with Crippen molar-refractivity contribution in [1.29, 1.82) is 0 Å². The Hall–Kier alpha value is -3.27. The summed E-state index contributed by atoms with van der Waals surface area (Å²) in [4.78, 5) is 32.0. The van der Waals surface area contributed by atoms with Crippen molar-refractivity contribution in [3.8, 4) is 17.0 Å². The van der Waals surface area contributed by atoms with Crippen molar-refractivity contribution in [2.45, 2.75) is 26.9 Å². The minimum atomic E-state index is -2.96. The normalized spacial score (nSPS) is 10.9. The maximum atomic E-state index is 12.7. The van der Waals surface area contributed by atoms with Crippen LogP contribution in [0, 0.1) is 6.92 Å². The van der Waals surface area contributed by atoms with Gasteiger partial charge in [0.05, 0.1) is 18.4 Å². The molecule has 158 valence electrons. The van der Waals surface area contributed by atoms with Crippen molar-refractivity contribution < 1.29 is 27.8 Å². The standard InChI is InChI=1S/C20H19F2N3O4S/c1-4-12-15(18(27)28-3)10(2)16(23-12)17(26)25-20-24-13(9-30-20)11-7-5-6-8-14(11)29-19(21)22/h5-9,19,23H,4H2,1-3H3,(H,24,25,26). The largest absolute Gasteiger partial charge is 0.465 e. The average molecular weight is 435 g/mol. The van der Waals surface area contributed by atoms with E-state index in [0.29, 0.717) is 34.5 Å². The summed E-state index contributed by atoms with van der Waals surface area (Å²) in [6.07, 6.45) is 0.515. The van der Waals surface area contributed by atoms with Gasteiger partial charge in [0.2, 0.25) is 0 Å². The molecule has 0 radical (unpaired) electrons. The van der Waals surface area contributed by atoms with E-state index in [4.69, 9.17) is 4.74 Å². The van der Waals surface area contributed by atoms with Gasteiger partial charge in [-0.25, -0.2) is 9.78 Å². The van der Waals surface area contributed by atoms with Gasteiger partial charge in [0.25, 0.3) is 5.91 Å². The predicted molar refractivity (Wildman–Crippen MR) is 108 cm³/mol. The highest BCUT2D eigenvalue weighted by Crippen LogP contribution is 2.33. The number of amides is 1. The number of methoxy groups -OCH3 is 1. The summed E-state index contributed by atoms with van der Waals surface area (Å²) < 4.78 is 34.6. The predicted octanol–water partition coefficient (Wildman–Crippen LogP) is 4.65. The molecule has 0 aliphatic heterocycles. The molecule has 0 unspecified atom stereocenters. The monoisotopic (exact) mass is 435 g/mol. The lowest BCUT2D eigenvalue weighted by molar-refractivity contribution is -0.0494. The molecule has 1 aromatic carbocycles. The lowest BCUT2D eigenvalue weighted by Crippen LogP contribution is -2.14. The van der Waals surface area contributed by atoms with Crippen molar-refractivity contribution in [1.82, 2.24) is 9.97 Å². The summed E-state index contributed by atoms with van der Waals surface area (Å²) in [6, 6.07) is 6.27. The third-order valence-electron chi connectivity index (χ3n) is 4.40. The molecule has 3 rings (SSSR count). The van der Waals surface area contributed by atoms with Gasteiger partial charge < -0.3 is 14.5 Å². The highest BCUT2D eigenvalue weighted by atomic mass is 32.1. The van der Waals surface area contributed by atoms with Crippen molar-refractivity contribution in [2.24, 2.45) is 0 Å². The second-order valence-electron chi connectivity index (χ2n) is 6.19. The maximum Gasteiger partial charge on any atom is 0.387 e. The number of alkyl halides is 2. The van der Waals surface area contributed by atoms with Gasteiger partial charge in [-0.05, 0) is 31.0 Å². The van der Waals surface area contributed by atoms with Crippen LogP contribution in [0.15, 0.2) is 29.6 Å². The fraction of sp³-hybridized carbons (Fsp3) is 0.250. The Kier molecular flexibility index (Phi) is 6.46. The number of hydrogen-bond donors (Lipinski definition) is 2. The van der Waals surface area contributed by atoms with Gasteiger partial charge in [-0.1, -0.05) is 19.1 Å². The molecule has 0 aliphatic carbocycles. The molecule has 2 aromatic heterocycles. The van der Waals surface area contributed by atoms with Crippen LogP contribution in [0.25, 0.3) is 11.3 Å². The summed E-state index contributed by atoms with van der Waals surface area (Å²) in [7, 11) is 1.28. The molecular formula is C20H19F2N3O4S. The van der Waals surface area contributed by atoms with Gasteiger partial charge in [0.1, 0.15) is 11.4 Å². The fourth-order valence-corrected chi connectivity index (χ4v) is 3.73. The van der Waals surface area contributed by atoms with Crippen LogP contribution in [0.1, 0.15) is 39.0 Å². The third-order valence-corrected chi connectivity index (χ3v) is 5.16. The number of ether oxygens (including phenoxy) is 2. The number of carbonyl (C=O) groups excluding carboxylic acids is 2. The first-order valence-corrected chi connectivity index (χ1v) is 9.84. The summed E-state index contributed by atoms with van der Waals surface area (Å²) >= 11 is 1.14. The molecule has 0 saturated heterocycles. The van der Waals surface area contributed by atoms with Crippen molar-refractivity contribution in [3.63, 3.8) is 0 Å². The lowest BCUT2D eigenvalue weighted by Gasteiger charge is -2.08. The molecule has 1 amide bonds. The molecule has 0 bridgehead atoms. The number of rotatable bonds is 7. The Morgan fingerprint density at radius 1 is 1.30 bits per heavy atom. The number of nitrogens with one attached hydrogen (secondary N) is 2. The summed E-state index contributed by atoms with van der Waals surface area (Å²) in [5, 5.41) is 4.57. The van der Waals surface area contributed by atoms with Gasteiger partial charge in [-0.2, -0.15) is 8.78 Å². The number of aromatic amines is 1. The van der Waals surface area contributed by atoms with Crippen LogP contribution in [-0.4, -0.2) is 35.6 Å². The molecule has 0 spiro atoms. The number of anilines is 1. The maximum absolute atomic E-state index is 12.7. The molecule has 0 aliphatic rings. The van der Waals surface area contributed by atoms with Crippen molar-refractivity contribution in [2.75, 3.05) is 12.4 Å². The smallest absolute Gasteiger partial charge is 0.387 e. The van der Waals surface area contributed by atoms with E-state index in [1.807, 2.05) is 6.92 Å². The van der Waals surface area contributed by atoms with Gasteiger partial charge in [0.15, 0.2) is 5.13 Å². The summed E-state index contributed by atoms with van der Waals surface area (Å²) in [5.74, 6) is -1.01. The van der Waals surface area contributed by atoms with E-state index in [9.17, 15) is 18.4 Å². The minimum absolute atomic E-state index is 0.00815. The number of H-pyrrole nitrogens is 1. The Balaban J connectivity index is 1.85. The number of carbonyl (C=O) groups is 2. The molecule has 10 heteroatoms. The highest BCUT2D eigenvalue weighted by Gasteiger charge is 2.24. The van der Waals surface area contributed by atoms with Gasteiger partial charge in [0, 0.05) is 16.6 Å². The topological polar surface area (TPSA) is 93.3 Å². The number of hydrogen-bond acceptors (Lipinski definition) is 6. The highest BCUT2D eigenvalue weighted by molar-refractivity contribution is 7.14. The number of halogens is 2. The zero-order valence-corrected chi connectivity index (χ0v) is 17.2. The number of thiazole rings is 1. The molecule has 7 nitrogen and oxygen atoms in total. The Morgan fingerprint density at radius 2 is 2.03 bits per heavy atom. The zero-order valence-electron chi connectivity index (χ0n) is 16.4. The number of aromatic nitrogens is 2. The first kappa shape index (κ1) is 21.4. The Morgan fingerprint density at radius 3 is 2.70 bits per heavy atom. The van der Waals surface area contributed by atoms with Gasteiger partial charge in [-0.15, -0.1) is 11.3 Å². The Labute approximate surface area is 175 Å². The third kappa shape index (κ3) is 4.33. The minimum Gasteiger partial charge on any atom is -0.465 e. The molecule has 2 N–H and O–H groups in total. The SMILES string of the molecule is CCc1[nH]c(C(=O)Nc2nc(-c3ccccc3OC(F)F)cs2)c(C)c1C(=O)OC. The molecule has 2 heterocycles. The molecule has 0 saturated carbocycles. The molecule has 0 fully saturated rings. The molecule has 3 aromatic rings. The van der Waals surface area contributed by atoms with E-state index in [1.54, 1.807) is 30.5 Å². The zero-order chi connectivity index (χ0) is 21.8. The fourth-order valence-electron chi connectivity index (χ4n) is 3.02.